The lowest BCUT2D eigenvalue weighted by Gasteiger charge is -2.38. The van der Waals surface area contributed by atoms with E-state index in [1.807, 2.05) is 35.2 Å². The fourth-order valence-electron chi connectivity index (χ4n) is 5.29. The molecule has 2 bridgehead atoms. The topological polar surface area (TPSA) is 29.5 Å². The van der Waals surface area contributed by atoms with Gasteiger partial charge in [0.2, 0.25) is 12.3 Å². The number of hydrogen-bond acceptors (Lipinski definition) is 2. The van der Waals surface area contributed by atoms with Crippen molar-refractivity contribution in [1.82, 2.24) is 4.90 Å². The first-order valence-electron chi connectivity index (χ1n) is 9.78. The van der Waals surface area contributed by atoms with Crippen LogP contribution in [0.3, 0.4) is 0 Å². The molecule has 1 saturated heterocycles. The molecule has 3 aliphatic rings. The highest BCUT2D eigenvalue weighted by Crippen LogP contribution is 2.64. The summed E-state index contributed by atoms with van der Waals surface area (Å²) in [6, 6.07) is 9.72. The Balaban J connectivity index is 1.37. The molecule has 2 aliphatic carbocycles. The van der Waals surface area contributed by atoms with Crippen molar-refractivity contribution in [3.8, 4) is 5.75 Å². The van der Waals surface area contributed by atoms with Crippen molar-refractivity contribution in [2.24, 2.45) is 16.7 Å². The molecule has 0 spiro atoms. The summed E-state index contributed by atoms with van der Waals surface area (Å²) in [4.78, 5) is 15.1. The molecule has 2 saturated carbocycles. The van der Waals surface area contributed by atoms with Gasteiger partial charge < -0.3 is 9.64 Å². The Kier molecular flexibility index (Phi) is 4.66. The zero-order chi connectivity index (χ0) is 18.2. The summed E-state index contributed by atoms with van der Waals surface area (Å²) < 4.78 is 32.8. The fourth-order valence-corrected chi connectivity index (χ4v) is 5.29. The highest BCUT2D eigenvalue weighted by atomic mass is 19.3. The lowest BCUT2D eigenvalue weighted by molar-refractivity contribution is -0.143. The van der Waals surface area contributed by atoms with Crippen molar-refractivity contribution in [1.29, 1.82) is 0 Å². The Morgan fingerprint density at radius 3 is 2.58 bits per heavy atom. The Hall–Kier alpha value is -1.65. The lowest BCUT2D eigenvalue weighted by Crippen LogP contribution is -2.47. The number of hydrogen-bond donors (Lipinski definition) is 0. The van der Waals surface area contributed by atoms with Gasteiger partial charge in [-0.2, -0.15) is 0 Å². The molecule has 0 aromatic heterocycles. The number of amides is 1. The van der Waals surface area contributed by atoms with Crippen LogP contribution in [0.4, 0.5) is 8.78 Å². The Morgan fingerprint density at radius 1 is 1.19 bits per heavy atom. The third-order valence-corrected chi connectivity index (χ3v) is 6.85. The van der Waals surface area contributed by atoms with Crippen LogP contribution in [0.25, 0.3) is 0 Å². The molecule has 0 radical (unpaired) electrons. The third-order valence-electron chi connectivity index (χ3n) is 6.85. The van der Waals surface area contributed by atoms with Gasteiger partial charge in [0.15, 0.2) is 0 Å². The molecule has 142 valence electrons. The Labute approximate surface area is 153 Å². The van der Waals surface area contributed by atoms with Gasteiger partial charge in [0.05, 0.1) is 12.0 Å². The monoisotopic (exact) mass is 363 g/mol. The van der Waals surface area contributed by atoms with Crippen LogP contribution in [-0.4, -0.2) is 36.9 Å². The van der Waals surface area contributed by atoms with Gasteiger partial charge in [0.25, 0.3) is 0 Å². The minimum Gasteiger partial charge on any atom is -0.493 e. The van der Waals surface area contributed by atoms with E-state index in [0.29, 0.717) is 51.2 Å². The van der Waals surface area contributed by atoms with Gasteiger partial charge in [0, 0.05) is 24.4 Å². The molecule has 0 N–H and O–H groups in total. The predicted octanol–water partition coefficient (Wildman–Crippen LogP) is 4.52. The van der Waals surface area contributed by atoms with Gasteiger partial charge in [-0.05, 0) is 57.1 Å². The largest absolute Gasteiger partial charge is 0.493 e. The minimum absolute atomic E-state index is 0.127. The number of benzene rings is 1. The first-order chi connectivity index (χ1) is 12.5. The van der Waals surface area contributed by atoms with Gasteiger partial charge in [-0.3, -0.25) is 4.79 Å². The molecule has 1 aromatic carbocycles. The second kappa shape index (κ2) is 6.82. The van der Waals surface area contributed by atoms with Gasteiger partial charge in [-0.1, -0.05) is 18.2 Å². The first kappa shape index (κ1) is 17.7. The summed E-state index contributed by atoms with van der Waals surface area (Å²) in [5.74, 6) is 1.29. The van der Waals surface area contributed by atoms with E-state index in [0.717, 1.165) is 25.1 Å². The number of likely N-dealkylation sites (tertiary alicyclic amines) is 1. The molecule has 4 rings (SSSR count). The average Bonchev–Trinajstić information content (AvgIpc) is 3.26. The zero-order valence-electron chi connectivity index (χ0n) is 15.1. The Morgan fingerprint density at radius 2 is 1.92 bits per heavy atom. The van der Waals surface area contributed by atoms with E-state index in [4.69, 9.17) is 4.74 Å². The van der Waals surface area contributed by atoms with Crippen LogP contribution in [0.5, 0.6) is 5.75 Å². The second-order valence-electron chi connectivity index (χ2n) is 8.50. The molecule has 3 nitrogen and oxygen atoms in total. The van der Waals surface area contributed by atoms with E-state index >= 15 is 0 Å². The molecule has 26 heavy (non-hydrogen) atoms. The molecule has 1 atom stereocenters. The maximum Gasteiger partial charge on any atom is 0.244 e. The quantitative estimate of drug-likeness (QED) is 0.770. The maximum atomic E-state index is 13.5. The number of nitrogens with zero attached hydrogens (tertiary/aromatic N) is 1. The van der Waals surface area contributed by atoms with E-state index in [2.05, 4.69) is 0 Å². The van der Waals surface area contributed by atoms with Crippen molar-refractivity contribution in [2.75, 3.05) is 19.7 Å². The molecule has 1 unspecified atom stereocenters. The average molecular weight is 363 g/mol. The summed E-state index contributed by atoms with van der Waals surface area (Å²) in [5, 5.41) is 0. The van der Waals surface area contributed by atoms with Crippen LogP contribution in [0.1, 0.15) is 44.9 Å². The number of rotatable bonds is 5. The smallest absolute Gasteiger partial charge is 0.244 e. The van der Waals surface area contributed by atoms with Crippen LogP contribution in [0.2, 0.25) is 0 Å². The molecule has 1 amide bonds. The number of fused-ring (bicyclic) bond motifs is 2. The zero-order valence-corrected chi connectivity index (χ0v) is 15.1. The summed E-state index contributed by atoms with van der Waals surface area (Å²) in [6.07, 6.45) is 2.38. The standard InChI is InChI=1S/C21H27F2NO2/c22-18(23)20-8-10-21(15-20,11-9-20)19(25)24-12-4-5-16(13-24)14-26-17-6-2-1-3-7-17/h1-3,6-7,16,18H,4-5,8-15H2. The van der Waals surface area contributed by atoms with Crippen molar-refractivity contribution in [3.05, 3.63) is 30.3 Å². The van der Waals surface area contributed by atoms with Crippen molar-refractivity contribution in [2.45, 2.75) is 51.4 Å². The van der Waals surface area contributed by atoms with E-state index < -0.39 is 17.3 Å². The molecule has 1 aliphatic heterocycles. The number of carbonyl (C=O) groups excluding carboxylic acids is 1. The van der Waals surface area contributed by atoms with Crippen LogP contribution < -0.4 is 4.74 Å². The van der Waals surface area contributed by atoms with Crippen LogP contribution in [-0.2, 0) is 4.79 Å². The summed E-state index contributed by atoms with van der Waals surface area (Å²) >= 11 is 0. The molecule has 1 aromatic rings. The SMILES string of the molecule is O=C(N1CCCC(COc2ccccc2)C1)C12CCC(C(F)F)(CC1)C2. The Bertz CT molecular complexity index is 641. The summed E-state index contributed by atoms with van der Waals surface area (Å²) in [5.41, 5.74) is -1.40. The van der Waals surface area contributed by atoms with Gasteiger partial charge in [-0.25, -0.2) is 8.78 Å². The minimum atomic E-state index is -2.30. The molecule has 1 heterocycles. The van der Waals surface area contributed by atoms with Crippen molar-refractivity contribution >= 4 is 5.91 Å². The highest BCUT2D eigenvalue weighted by Gasteiger charge is 2.62. The number of carbonyl (C=O) groups is 1. The third kappa shape index (κ3) is 3.10. The molecule has 3 fully saturated rings. The maximum absolute atomic E-state index is 13.5. The van der Waals surface area contributed by atoms with Gasteiger partial charge >= 0.3 is 0 Å². The van der Waals surface area contributed by atoms with E-state index in [-0.39, 0.29) is 5.91 Å². The van der Waals surface area contributed by atoms with Gasteiger partial charge in [-0.15, -0.1) is 0 Å². The molecular weight excluding hydrogens is 336 g/mol. The van der Waals surface area contributed by atoms with Crippen molar-refractivity contribution in [3.63, 3.8) is 0 Å². The number of halogens is 2. The fraction of sp³-hybridized carbons (Fsp3) is 0.667. The van der Waals surface area contributed by atoms with Crippen molar-refractivity contribution < 1.29 is 18.3 Å². The number of piperidine rings is 1. The lowest BCUT2D eigenvalue weighted by atomic mass is 9.81. The number of para-hydroxylation sites is 1. The van der Waals surface area contributed by atoms with Crippen LogP contribution >= 0.6 is 0 Å². The van der Waals surface area contributed by atoms with E-state index in [9.17, 15) is 13.6 Å². The predicted molar refractivity (Wildman–Crippen MR) is 95.2 cm³/mol. The highest BCUT2D eigenvalue weighted by molar-refractivity contribution is 5.84. The molecular formula is C21H27F2NO2. The van der Waals surface area contributed by atoms with E-state index in [1.165, 1.54) is 0 Å². The summed E-state index contributed by atoms with van der Waals surface area (Å²) in [7, 11) is 0. The number of ether oxygens (including phenoxy) is 1. The van der Waals surface area contributed by atoms with Crippen LogP contribution in [0.15, 0.2) is 30.3 Å². The first-order valence-corrected chi connectivity index (χ1v) is 9.78. The molecule has 5 heteroatoms. The second-order valence-corrected chi connectivity index (χ2v) is 8.50. The normalized spacial score (nSPS) is 33.7. The van der Waals surface area contributed by atoms with Gasteiger partial charge in [0.1, 0.15) is 5.75 Å². The van der Waals surface area contributed by atoms with E-state index in [1.54, 1.807) is 0 Å². The number of alkyl halides is 2. The van der Waals surface area contributed by atoms with Crippen LogP contribution in [0, 0.1) is 16.7 Å². The summed E-state index contributed by atoms with van der Waals surface area (Å²) in [6.45, 7) is 2.04.